The van der Waals surface area contributed by atoms with E-state index < -0.39 is 134 Å². The van der Waals surface area contributed by atoms with E-state index in [-0.39, 0.29) is 138 Å². The zero-order valence-corrected chi connectivity index (χ0v) is 52.5. The van der Waals surface area contributed by atoms with Crippen LogP contribution in [0.25, 0.3) is 0 Å². The number of carbonyl (C=O) groups is 8. The smallest absolute Gasteiger partial charge is 0.323 e. The molecule has 1 saturated heterocycles. The molecule has 2 aliphatic heterocycles. The highest BCUT2D eigenvalue weighted by Gasteiger charge is 2.36. The molecule has 2 aromatic carbocycles. The Morgan fingerprint density at radius 1 is 0.733 bits per heavy atom. The highest BCUT2D eigenvalue weighted by atomic mass is 32.2. The number of rotatable bonds is 34. The number of ether oxygens (including phenoxy) is 1. The van der Waals surface area contributed by atoms with Gasteiger partial charge < -0.3 is 56.3 Å². The molecular formula is C54H80N12O21S3. The van der Waals surface area contributed by atoms with Crippen LogP contribution in [0.3, 0.4) is 0 Å². The third-order valence-corrected chi connectivity index (χ3v) is 18.3. The first-order chi connectivity index (χ1) is 42.2. The number of nitrogens with zero attached hydrogens (tertiary/aromatic N) is 6. The van der Waals surface area contributed by atoms with E-state index >= 15 is 0 Å². The fraction of sp³-hybridized carbons (Fsp3) is 0.574. The first kappa shape index (κ1) is 73.3. The second-order valence-corrected chi connectivity index (χ2v) is 26.8. The van der Waals surface area contributed by atoms with Gasteiger partial charge in [0, 0.05) is 122 Å². The Labute approximate surface area is 520 Å². The van der Waals surface area contributed by atoms with Crippen molar-refractivity contribution in [3.63, 3.8) is 0 Å². The Morgan fingerprint density at radius 3 is 1.80 bits per heavy atom. The predicted molar refractivity (Wildman–Crippen MR) is 323 cm³/mol. The molecule has 12 N–H and O–H groups in total. The standard InChI is InChI=1S/C54H80N12O21S3/c1-35-22-40(23-36(2)51(35)90(85,86)61-42(53(77)78)28-58-52(76)44-26-45(67)41-9-8-37(25-43(41)62(44)3)27-59-54-56-11-12-57-54)87-21-5-7-46(68)55-10-4-6-38(33-88(79,80)81)24-39(34-89(82,83)84)60-47(69)29-63-13-15-64(30-48(70)71)17-19-66(32-50(74)75)20-18-65(16-14-63)31-49(72)73/h8-9,11-12,22-23,25,38-39,42,44,61H,4-7,10,13-21,24,26-34H2,1-3H3,(H,55,68)(H,58,76)(H,60,69)(H,70,71)(H,72,73)(H,74,75)(H,77,78)(H2,56,57,59)(H,79,80,81)(H,82,83,84)/t38-,39-,42+,44?/m1/s1. The quantitative estimate of drug-likeness (QED) is 0.0236. The van der Waals surface area contributed by atoms with Crippen molar-refractivity contribution in [1.82, 2.24) is 50.2 Å². The number of Topliss-reactive ketones (excluding diaryl/α,β-unsaturated/α-hetero) is 1. The van der Waals surface area contributed by atoms with Gasteiger partial charge in [0.15, 0.2) is 11.7 Å². The van der Waals surface area contributed by atoms with E-state index in [0.717, 1.165) is 5.56 Å². The maximum Gasteiger partial charge on any atom is 0.323 e. The van der Waals surface area contributed by atoms with Gasteiger partial charge in [0.1, 0.15) is 17.8 Å². The first-order valence-electron chi connectivity index (χ1n) is 28.6. The van der Waals surface area contributed by atoms with Gasteiger partial charge in [-0.1, -0.05) is 6.07 Å². The number of ketones is 1. The number of carboxylic acids is 4. The molecule has 0 spiro atoms. The van der Waals surface area contributed by atoms with Crippen molar-refractivity contribution >= 4 is 89.3 Å². The average Bonchev–Trinajstić information content (AvgIpc) is 0.848. The molecular weight excluding hydrogens is 1250 g/mol. The zero-order chi connectivity index (χ0) is 66.5. The summed E-state index contributed by atoms with van der Waals surface area (Å²) < 4.78 is 104. The highest BCUT2D eigenvalue weighted by Crippen LogP contribution is 2.31. The van der Waals surface area contributed by atoms with E-state index in [2.05, 4.69) is 36.0 Å². The van der Waals surface area contributed by atoms with E-state index in [4.69, 9.17) is 4.74 Å². The van der Waals surface area contributed by atoms with Crippen LogP contribution in [0.1, 0.15) is 65.6 Å². The summed E-state index contributed by atoms with van der Waals surface area (Å²) in [6, 6.07) is 3.72. The summed E-state index contributed by atoms with van der Waals surface area (Å²) in [5.74, 6) is -9.53. The number of hydrogen-bond acceptors (Lipinski definition) is 22. The summed E-state index contributed by atoms with van der Waals surface area (Å²) >= 11 is 0. The van der Waals surface area contributed by atoms with Gasteiger partial charge in [0.25, 0.3) is 20.2 Å². The predicted octanol–water partition coefficient (Wildman–Crippen LogP) is -1.62. The number of carbonyl (C=O) groups excluding carboxylic acids is 4. The number of aliphatic carboxylic acids is 4. The Kier molecular flexibility index (Phi) is 27.8. The molecule has 0 saturated carbocycles. The molecule has 1 fully saturated rings. The number of aromatic amines is 1. The summed E-state index contributed by atoms with van der Waals surface area (Å²) in [5.41, 5.74) is 2.01. The monoisotopic (exact) mass is 1330 g/mol. The number of nitrogens with one attached hydrogen (secondary N) is 6. The van der Waals surface area contributed by atoms with Crippen LogP contribution in [0.15, 0.2) is 47.6 Å². The molecule has 0 radical (unpaired) electrons. The topological polar surface area (TPSA) is 475 Å². The molecule has 0 aliphatic carbocycles. The van der Waals surface area contributed by atoms with Crippen LogP contribution in [0.5, 0.6) is 5.75 Å². The molecule has 3 amide bonds. The van der Waals surface area contributed by atoms with Crippen LogP contribution in [-0.4, -0.2) is 267 Å². The minimum atomic E-state index is -4.81. The molecule has 1 unspecified atom stereocenters. The van der Waals surface area contributed by atoms with Crippen molar-refractivity contribution in [3.8, 4) is 5.75 Å². The highest BCUT2D eigenvalue weighted by molar-refractivity contribution is 7.89. The Balaban J connectivity index is 1.10. The number of imidazole rings is 1. The molecule has 1 aromatic heterocycles. The van der Waals surface area contributed by atoms with Crippen molar-refractivity contribution < 1.29 is 97.9 Å². The number of amides is 3. The Hall–Kier alpha value is -7.42. The van der Waals surface area contributed by atoms with Gasteiger partial charge in [0.2, 0.25) is 27.7 Å². The number of benzene rings is 2. The summed E-state index contributed by atoms with van der Waals surface area (Å²) in [6.07, 6.45) is 2.79. The minimum absolute atomic E-state index is 0.0136. The molecule has 36 heteroatoms. The van der Waals surface area contributed by atoms with Gasteiger partial charge >= 0.3 is 23.9 Å². The fourth-order valence-corrected chi connectivity index (χ4v) is 13.8. The molecule has 5 rings (SSSR count). The van der Waals surface area contributed by atoms with Crippen LogP contribution < -0.4 is 35.6 Å². The molecule has 3 heterocycles. The van der Waals surface area contributed by atoms with Crippen LogP contribution in [-0.2, 0) is 70.4 Å². The number of hydrogen-bond donors (Lipinski definition) is 12. The molecule has 4 atom stereocenters. The summed E-state index contributed by atoms with van der Waals surface area (Å²) in [4.78, 5) is 115. The largest absolute Gasteiger partial charge is 0.494 e. The molecule has 90 heavy (non-hydrogen) atoms. The van der Waals surface area contributed by atoms with Crippen molar-refractivity contribution in [2.75, 3.05) is 127 Å². The van der Waals surface area contributed by atoms with E-state index in [9.17, 15) is 93.1 Å². The van der Waals surface area contributed by atoms with E-state index in [1.54, 1.807) is 52.3 Å². The lowest BCUT2D eigenvalue weighted by molar-refractivity contribution is -0.140. The lowest BCUT2D eigenvalue weighted by Crippen LogP contribution is -2.54. The van der Waals surface area contributed by atoms with Crippen LogP contribution >= 0.6 is 0 Å². The normalized spacial score (nSPS) is 17.1. The summed E-state index contributed by atoms with van der Waals surface area (Å²) in [7, 11) is -12.4. The zero-order valence-electron chi connectivity index (χ0n) is 50.0. The number of sulfonamides is 1. The first-order valence-corrected chi connectivity index (χ1v) is 33.3. The van der Waals surface area contributed by atoms with Gasteiger partial charge in [-0.25, -0.2) is 13.4 Å². The third kappa shape index (κ3) is 25.5. The lowest BCUT2D eigenvalue weighted by atomic mass is 9.93. The van der Waals surface area contributed by atoms with E-state index in [1.165, 1.54) is 35.8 Å². The van der Waals surface area contributed by atoms with Crippen molar-refractivity contribution in [3.05, 3.63) is 65.0 Å². The third-order valence-electron chi connectivity index (χ3n) is 14.8. The Morgan fingerprint density at radius 2 is 1.29 bits per heavy atom. The number of likely N-dealkylation sites (N-methyl/N-ethyl adjacent to an activating group) is 1. The molecule has 500 valence electrons. The van der Waals surface area contributed by atoms with Crippen molar-refractivity contribution in [2.45, 2.75) is 81.9 Å². The van der Waals surface area contributed by atoms with E-state index in [1.807, 2.05) is 0 Å². The van der Waals surface area contributed by atoms with Crippen LogP contribution in [0, 0.1) is 19.8 Å². The molecule has 3 aromatic rings. The molecule has 33 nitrogen and oxygen atoms in total. The van der Waals surface area contributed by atoms with Gasteiger partial charge in [-0.15, -0.1) is 0 Å². The van der Waals surface area contributed by atoms with Crippen LogP contribution in [0.4, 0.5) is 11.6 Å². The van der Waals surface area contributed by atoms with Gasteiger partial charge in [-0.2, -0.15) is 21.6 Å². The Bertz CT molecular complexity index is 3300. The fourth-order valence-electron chi connectivity index (χ4n) is 10.6. The number of aromatic nitrogens is 2. The molecule has 2 aliphatic rings. The van der Waals surface area contributed by atoms with Gasteiger partial charge in [0.05, 0.1) is 49.2 Å². The maximum atomic E-state index is 13.7. The maximum absolute atomic E-state index is 13.7. The number of carboxylic acid groups (broad SMARTS) is 4. The van der Waals surface area contributed by atoms with Gasteiger partial charge in [-0.3, -0.25) is 67.1 Å². The summed E-state index contributed by atoms with van der Waals surface area (Å²) in [6.45, 7) is 1.55. The average molecular weight is 1330 g/mol. The van der Waals surface area contributed by atoms with E-state index in [0.29, 0.717) is 23.7 Å². The summed E-state index contributed by atoms with van der Waals surface area (Å²) in [5, 5.41) is 49.4. The number of anilines is 2. The lowest BCUT2D eigenvalue weighted by Gasteiger charge is -2.34. The minimum Gasteiger partial charge on any atom is -0.494 e. The second kappa shape index (κ2) is 34.1. The number of H-pyrrole nitrogens is 1. The number of fused-ring (bicyclic) bond motifs is 1. The second-order valence-electron chi connectivity index (χ2n) is 22.1. The van der Waals surface area contributed by atoms with Crippen molar-refractivity contribution in [1.29, 1.82) is 0 Å². The van der Waals surface area contributed by atoms with Gasteiger partial charge in [-0.05, 0) is 86.4 Å². The SMILES string of the molecule is Cc1cc(OCCCC(=O)NCCC[C@H](C[C@H](CS(=O)(=O)O)NC(=O)CN2CCN(CC(=O)O)CCN(CC(=O)O)CCN(CC(=O)O)CC2)CS(=O)(=O)O)cc(C)c1S(=O)(=O)N[C@@H](CNC(=O)C1CC(=O)c2ccc(CNc3ncc[nH]3)cc2N1C)C(=O)O. The number of aryl methyl sites for hydroxylation is 2. The van der Waals surface area contributed by atoms with Crippen molar-refractivity contribution in [2.24, 2.45) is 5.92 Å². The van der Waals surface area contributed by atoms with Crippen LogP contribution in [0.2, 0.25) is 0 Å². The molecule has 0 bridgehead atoms.